The van der Waals surface area contributed by atoms with Gasteiger partial charge in [-0.25, -0.2) is 9.50 Å². The highest BCUT2D eigenvalue weighted by molar-refractivity contribution is 5.72. The van der Waals surface area contributed by atoms with Crippen LogP contribution in [0.5, 0.6) is 0 Å². The maximum absolute atomic E-state index is 10.3. The second kappa shape index (κ2) is 2.16. The summed E-state index contributed by atoms with van der Waals surface area (Å²) in [7, 11) is 0. The summed E-state index contributed by atoms with van der Waals surface area (Å²) in [5.74, 6) is 0. The number of carbonyl (C=O) groups is 1. The zero-order valence-corrected chi connectivity index (χ0v) is 5.64. The quantitative estimate of drug-likeness (QED) is 0.553. The van der Waals surface area contributed by atoms with E-state index < -0.39 is 0 Å². The van der Waals surface area contributed by atoms with Gasteiger partial charge in [-0.3, -0.25) is 4.79 Å². The molecule has 0 saturated carbocycles. The van der Waals surface area contributed by atoms with Crippen molar-refractivity contribution in [3.8, 4) is 0 Å². The number of fused-ring (bicyclic) bond motifs is 1. The summed E-state index contributed by atoms with van der Waals surface area (Å²) < 4.78 is 1.60. The summed E-state index contributed by atoms with van der Waals surface area (Å²) in [5.41, 5.74) is 1.12. The average molecular weight is 147 g/mol. The van der Waals surface area contributed by atoms with Crippen molar-refractivity contribution in [3.05, 3.63) is 30.2 Å². The van der Waals surface area contributed by atoms with Gasteiger partial charge in [-0.2, -0.15) is 5.10 Å². The van der Waals surface area contributed by atoms with Crippen LogP contribution in [0.15, 0.2) is 24.5 Å². The minimum Gasteiger partial charge on any atom is -0.296 e. The Kier molecular flexibility index (Phi) is 1.18. The molecule has 0 aliphatic carbocycles. The summed E-state index contributed by atoms with van der Waals surface area (Å²) in [6, 6.07) is 3.36. The second-order valence-corrected chi connectivity index (χ2v) is 2.10. The maximum atomic E-state index is 10.3. The predicted octanol–water partition coefficient (Wildman–Crippen LogP) is 0.542. The molecule has 0 aliphatic rings. The van der Waals surface area contributed by atoms with Crippen molar-refractivity contribution >= 4 is 11.9 Å². The van der Waals surface area contributed by atoms with Crippen molar-refractivity contribution in [3.63, 3.8) is 0 Å². The number of rotatable bonds is 1. The maximum Gasteiger partial charge on any atom is 0.168 e. The molecule has 2 heterocycles. The Hall–Kier alpha value is -1.71. The topological polar surface area (TPSA) is 47.3 Å². The van der Waals surface area contributed by atoms with Crippen molar-refractivity contribution in [1.82, 2.24) is 14.6 Å². The summed E-state index contributed by atoms with van der Waals surface area (Å²) in [6.07, 6.45) is 4.05. The van der Waals surface area contributed by atoms with Gasteiger partial charge < -0.3 is 0 Å². The Labute approximate surface area is 62.5 Å². The molecule has 2 aromatic rings. The molecule has 11 heavy (non-hydrogen) atoms. The molecule has 0 amide bonds. The number of hydrogen-bond acceptors (Lipinski definition) is 3. The zero-order chi connectivity index (χ0) is 7.68. The first kappa shape index (κ1) is 6.03. The van der Waals surface area contributed by atoms with E-state index in [1.54, 1.807) is 29.0 Å². The Balaban J connectivity index is 2.76. The van der Waals surface area contributed by atoms with Crippen molar-refractivity contribution in [2.45, 2.75) is 0 Å². The van der Waals surface area contributed by atoms with E-state index in [1.807, 2.05) is 0 Å². The van der Waals surface area contributed by atoms with Crippen molar-refractivity contribution < 1.29 is 4.79 Å². The summed E-state index contributed by atoms with van der Waals surface area (Å²) in [4.78, 5) is 14.3. The normalized spacial score (nSPS) is 10.2. The van der Waals surface area contributed by atoms with Gasteiger partial charge in [0.2, 0.25) is 0 Å². The van der Waals surface area contributed by atoms with Gasteiger partial charge in [0.1, 0.15) is 5.69 Å². The van der Waals surface area contributed by atoms with Gasteiger partial charge in [-0.1, -0.05) is 0 Å². The van der Waals surface area contributed by atoms with Gasteiger partial charge in [0.05, 0.1) is 6.20 Å². The fourth-order valence-electron chi connectivity index (χ4n) is 0.893. The molecule has 0 aromatic carbocycles. The van der Waals surface area contributed by atoms with E-state index in [2.05, 4.69) is 10.1 Å². The number of aldehydes is 1. The molecule has 54 valence electrons. The van der Waals surface area contributed by atoms with Crippen molar-refractivity contribution in [1.29, 1.82) is 0 Å². The lowest BCUT2D eigenvalue weighted by Gasteiger charge is -1.90. The lowest BCUT2D eigenvalue weighted by Crippen LogP contribution is -1.92. The summed E-state index contributed by atoms with van der Waals surface area (Å²) in [5, 5.41) is 3.93. The van der Waals surface area contributed by atoms with Gasteiger partial charge in [0.25, 0.3) is 0 Å². The predicted molar refractivity (Wildman–Crippen MR) is 38.4 cm³/mol. The molecule has 0 saturated heterocycles. The molecule has 0 unspecified atom stereocenters. The molecule has 2 rings (SSSR count). The van der Waals surface area contributed by atoms with Gasteiger partial charge in [0, 0.05) is 12.3 Å². The van der Waals surface area contributed by atoms with Gasteiger partial charge >= 0.3 is 0 Å². The van der Waals surface area contributed by atoms with E-state index in [0.29, 0.717) is 17.6 Å². The van der Waals surface area contributed by atoms with Crippen LogP contribution in [0.4, 0.5) is 0 Å². The highest BCUT2D eigenvalue weighted by Crippen LogP contribution is 1.97. The van der Waals surface area contributed by atoms with Gasteiger partial charge in [-0.05, 0) is 6.07 Å². The third kappa shape index (κ3) is 0.881. The number of carbonyl (C=O) groups excluding carboxylic acids is 1. The minimum atomic E-state index is 0.429. The molecule has 0 aliphatic heterocycles. The summed E-state index contributed by atoms with van der Waals surface area (Å²) >= 11 is 0. The molecule has 0 N–H and O–H groups in total. The molecule has 2 aromatic heterocycles. The Morgan fingerprint density at radius 3 is 3.18 bits per heavy atom. The molecule has 0 bridgehead atoms. The van der Waals surface area contributed by atoms with E-state index in [4.69, 9.17) is 0 Å². The highest BCUT2D eigenvalue weighted by Gasteiger charge is 1.94. The molecule has 0 radical (unpaired) electrons. The highest BCUT2D eigenvalue weighted by atomic mass is 16.1. The van der Waals surface area contributed by atoms with Crippen LogP contribution in [0.1, 0.15) is 10.5 Å². The smallest absolute Gasteiger partial charge is 0.168 e. The third-order valence-electron chi connectivity index (χ3n) is 1.40. The first-order valence-corrected chi connectivity index (χ1v) is 3.16. The van der Waals surface area contributed by atoms with Crippen LogP contribution < -0.4 is 0 Å². The van der Waals surface area contributed by atoms with Crippen molar-refractivity contribution in [2.75, 3.05) is 0 Å². The SMILES string of the molecule is O=Cc1ccn2nccc2n1. The van der Waals surface area contributed by atoms with Crippen LogP contribution in [0.2, 0.25) is 0 Å². The number of aromatic nitrogens is 3. The number of nitrogens with zero attached hydrogens (tertiary/aromatic N) is 3. The molecule has 4 heteroatoms. The lowest BCUT2D eigenvalue weighted by atomic mass is 10.4. The first-order valence-electron chi connectivity index (χ1n) is 3.16. The third-order valence-corrected chi connectivity index (χ3v) is 1.40. The van der Waals surface area contributed by atoms with Gasteiger partial charge in [0.15, 0.2) is 11.9 Å². The standard InChI is InChI=1S/C7H5N3O/c11-5-6-2-4-10-7(9-6)1-3-8-10/h1-5H. The fraction of sp³-hybridized carbons (Fsp3) is 0. The number of hydrogen-bond donors (Lipinski definition) is 0. The van der Waals surface area contributed by atoms with Crippen LogP contribution in [0, 0.1) is 0 Å². The molecule has 0 atom stereocenters. The molecular weight excluding hydrogens is 142 g/mol. The zero-order valence-electron chi connectivity index (χ0n) is 5.64. The first-order chi connectivity index (χ1) is 5.40. The summed E-state index contributed by atoms with van der Waals surface area (Å²) in [6.45, 7) is 0. The van der Waals surface area contributed by atoms with E-state index in [9.17, 15) is 4.79 Å². The molecule has 4 nitrogen and oxygen atoms in total. The van der Waals surface area contributed by atoms with Gasteiger partial charge in [-0.15, -0.1) is 0 Å². The van der Waals surface area contributed by atoms with Crippen LogP contribution in [-0.4, -0.2) is 20.9 Å². The van der Waals surface area contributed by atoms with E-state index >= 15 is 0 Å². The largest absolute Gasteiger partial charge is 0.296 e. The average Bonchev–Trinajstić information content (AvgIpc) is 2.50. The van der Waals surface area contributed by atoms with E-state index in [-0.39, 0.29) is 0 Å². The van der Waals surface area contributed by atoms with E-state index in [1.165, 1.54) is 0 Å². The molecular formula is C7H5N3O. The van der Waals surface area contributed by atoms with Crippen LogP contribution in [-0.2, 0) is 0 Å². The Bertz CT molecular complexity index is 393. The van der Waals surface area contributed by atoms with Crippen molar-refractivity contribution in [2.24, 2.45) is 0 Å². The van der Waals surface area contributed by atoms with Crippen LogP contribution in [0.3, 0.4) is 0 Å². The van der Waals surface area contributed by atoms with Crippen LogP contribution in [0.25, 0.3) is 5.65 Å². The minimum absolute atomic E-state index is 0.429. The monoisotopic (exact) mass is 147 g/mol. The van der Waals surface area contributed by atoms with E-state index in [0.717, 1.165) is 0 Å². The molecule has 0 spiro atoms. The Morgan fingerprint density at radius 2 is 2.36 bits per heavy atom. The fourth-order valence-corrected chi connectivity index (χ4v) is 0.893. The molecule has 0 fully saturated rings. The second-order valence-electron chi connectivity index (χ2n) is 2.10. The van der Waals surface area contributed by atoms with Crippen LogP contribution >= 0.6 is 0 Å². The lowest BCUT2D eigenvalue weighted by molar-refractivity contribution is 0.111. The Morgan fingerprint density at radius 1 is 1.45 bits per heavy atom.